The Morgan fingerprint density at radius 3 is 2.58 bits per heavy atom. The molecule has 1 aromatic heterocycles. The number of carbonyl (C=O) groups is 2. The Morgan fingerprint density at radius 1 is 1.25 bits per heavy atom. The van der Waals surface area contributed by atoms with Gasteiger partial charge in [-0.15, -0.1) is 11.3 Å². The predicted octanol–water partition coefficient (Wildman–Crippen LogP) is 4.42. The van der Waals surface area contributed by atoms with Gasteiger partial charge in [0.25, 0.3) is 5.91 Å². The molecule has 0 aliphatic rings. The Kier molecular flexibility index (Phi) is 6.32. The second-order valence-electron chi connectivity index (χ2n) is 5.26. The molecule has 1 heterocycles. The van der Waals surface area contributed by atoms with Gasteiger partial charge < -0.3 is 10.1 Å². The smallest absolute Gasteiger partial charge is 0.341 e. The molecule has 2 rings (SSSR count). The molecule has 0 radical (unpaired) electrons. The summed E-state index contributed by atoms with van der Waals surface area (Å²) in [5, 5.41) is 3.35. The monoisotopic (exact) mass is 343 g/mol. The number of benzene rings is 1. The minimum absolute atomic E-state index is 0.212. The van der Waals surface area contributed by atoms with Crippen LogP contribution in [0.5, 0.6) is 0 Å². The summed E-state index contributed by atoms with van der Waals surface area (Å²) in [5.74, 6) is -0.627. The van der Waals surface area contributed by atoms with E-state index in [0.717, 1.165) is 10.4 Å². The fraction of sp³-hybridized carbons (Fsp3) is 0.263. The average molecular weight is 343 g/mol. The van der Waals surface area contributed by atoms with E-state index < -0.39 is 5.97 Å². The first-order valence-corrected chi connectivity index (χ1v) is 8.64. The summed E-state index contributed by atoms with van der Waals surface area (Å²) in [6, 6.07) is 11.8. The van der Waals surface area contributed by atoms with Crippen molar-refractivity contribution in [3.63, 3.8) is 0 Å². The maximum Gasteiger partial charge on any atom is 0.341 e. The fourth-order valence-electron chi connectivity index (χ4n) is 2.11. The molecule has 2 aromatic rings. The van der Waals surface area contributed by atoms with E-state index in [1.54, 1.807) is 32.9 Å². The lowest BCUT2D eigenvalue weighted by Gasteiger charge is -2.05. The lowest BCUT2D eigenvalue weighted by molar-refractivity contribution is -0.112. The summed E-state index contributed by atoms with van der Waals surface area (Å²) in [4.78, 5) is 25.3. The van der Waals surface area contributed by atoms with Gasteiger partial charge in [-0.05, 0) is 32.4 Å². The number of carbonyl (C=O) groups excluding carboxylic acids is 2. The van der Waals surface area contributed by atoms with Crippen molar-refractivity contribution >= 4 is 28.2 Å². The number of hydrogen-bond acceptors (Lipinski definition) is 4. The highest BCUT2D eigenvalue weighted by molar-refractivity contribution is 7.16. The van der Waals surface area contributed by atoms with E-state index in [0.29, 0.717) is 29.2 Å². The zero-order valence-electron chi connectivity index (χ0n) is 14.1. The van der Waals surface area contributed by atoms with Crippen LogP contribution in [0.25, 0.3) is 0 Å². The minimum Gasteiger partial charge on any atom is -0.462 e. The van der Waals surface area contributed by atoms with Gasteiger partial charge in [-0.2, -0.15) is 0 Å². The second kappa shape index (κ2) is 8.45. The van der Waals surface area contributed by atoms with Gasteiger partial charge in [0, 0.05) is 16.9 Å². The summed E-state index contributed by atoms with van der Waals surface area (Å²) in [7, 11) is 0. The van der Waals surface area contributed by atoms with E-state index in [-0.39, 0.29) is 5.91 Å². The van der Waals surface area contributed by atoms with Crippen molar-refractivity contribution in [3.05, 3.63) is 64.1 Å². The van der Waals surface area contributed by atoms with Crippen LogP contribution in [0.2, 0.25) is 0 Å². The molecule has 4 nitrogen and oxygen atoms in total. The van der Waals surface area contributed by atoms with Crippen molar-refractivity contribution in [2.75, 3.05) is 11.9 Å². The Hall–Kier alpha value is -2.40. The van der Waals surface area contributed by atoms with Crippen LogP contribution in [0.1, 0.15) is 41.6 Å². The Balaban J connectivity index is 2.29. The molecule has 24 heavy (non-hydrogen) atoms. The summed E-state index contributed by atoms with van der Waals surface area (Å²) in [6.45, 7) is 5.59. The molecule has 5 heteroatoms. The fourth-order valence-corrected chi connectivity index (χ4v) is 3.19. The Bertz CT molecular complexity index is 747. The molecule has 126 valence electrons. The zero-order chi connectivity index (χ0) is 17.5. The Labute approximate surface area is 146 Å². The molecule has 0 unspecified atom stereocenters. The summed E-state index contributed by atoms with van der Waals surface area (Å²) in [6.07, 6.45) is 2.44. The van der Waals surface area contributed by atoms with Gasteiger partial charge in [-0.25, -0.2) is 4.79 Å². The number of anilines is 1. The maximum absolute atomic E-state index is 12.2. The van der Waals surface area contributed by atoms with E-state index in [9.17, 15) is 9.59 Å². The number of hydrogen-bond donors (Lipinski definition) is 1. The highest BCUT2D eigenvalue weighted by Gasteiger charge is 2.19. The standard InChI is InChI=1S/C19H21NO3S/c1-4-13(3)17(21)20-18-16(19(22)23-5-2)12-15(24-18)11-14-9-7-6-8-10-14/h4,6-10,12H,5,11H2,1-3H3,(H,20,21). The summed E-state index contributed by atoms with van der Waals surface area (Å²) < 4.78 is 5.10. The van der Waals surface area contributed by atoms with Gasteiger partial charge >= 0.3 is 5.97 Å². The largest absolute Gasteiger partial charge is 0.462 e. The van der Waals surface area contributed by atoms with Crippen molar-refractivity contribution in [2.45, 2.75) is 27.2 Å². The van der Waals surface area contributed by atoms with Crippen LogP contribution in [0.3, 0.4) is 0 Å². The first-order chi connectivity index (χ1) is 11.5. The number of amides is 1. The van der Waals surface area contributed by atoms with Crippen molar-refractivity contribution in [3.8, 4) is 0 Å². The molecule has 0 bridgehead atoms. The quantitative estimate of drug-likeness (QED) is 0.624. The number of esters is 1. The van der Waals surface area contributed by atoms with Crippen LogP contribution in [0.15, 0.2) is 48.0 Å². The molecule has 1 amide bonds. The number of ether oxygens (including phenoxy) is 1. The van der Waals surface area contributed by atoms with Crippen LogP contribution in [-0.4, -0.2) is 18.5 Å². The highest BCUT2D eigenvalue weighted by atomic mass is 32.1. The number of thiophene rings is 1. The third-order valence-corrected chi connectivity index (χ3v) is 4.57. The van der Waals surface area contributed by atoms with Crippen LogP contribution in [0.4, 0.5) is 5.00 Å². The zero-order valence-corrected chi connectivity index (χ0v) is 14.9. The van der Waals surface area contributed by atoms with E-state index in [1.165, 1.54) is 11.3 Å². The molecule has 0 spiro atoms. The average Bonchev–Trinajstić information content (AvgIpc) is 2.97. The third-order valence-electron chi connectivity index (χ3n) is 3.52. The molecule has 0 saturated heterocycles. The lowest BCUT2D eigenvalue weighted by atomic mass is 10.1. The van der Waals surface area contributed by atoms with E-state index in [4.69, 9.17) is 4.74 Å². The van der Waals surface area contributed by atoms with Gasteiger partial charge in [0.2, 0.25) is 0 Å². The van der Waals surface area contributed by atoms with Gasteiger partial charge in [0.1, 0.15) is 5.00 Å². The molecule has 0 saturated carbocycles. The number of rotatable bonds is 6. The van der Waals surface area contributed by atoms with Crippen LogP contribution in [0, 0.1) is 0 Å². The first kappa shape index (κ1) is 17.9. The Morgan fingerprint density at radius 2 is 1.96 bits per heavy atom. The van der Waals surface area contributed by atoms with Gasteiger partial charge in [0.05, 0.1) is 12.2 Å². The van der Waals surface area contributed by atoms with Crippen molar-refractivity contribution in [1.29, 1.82) is 0 Å². The molecule has 0 fully saturated rings. The van der Waals surface area contributed by atoms with Gasteiger partial charge in [-0.1, -0.05) is 36.4 Å². The molecular weight excluding hydrogens is 322 g/mol. The molecule has 0 aliphatic carbocycles. The van der Waals surface area contributed by atoms with Crippen molar-refractivity contribution in [2.24, 2.45) is 0 Å². The van der Waals surface area contributed by atoms with Crippen molar-refractivity contribution < 1.29 is 14.3 Å². The van der Waals surface area contributed by atoms with Crippen LogP contribution in [-0.2, 0) is 16.0 Å². The highest BCUT2D eigenvalue weighted by Crippen LogP contribution is 2.31. The van der Waals surface area contributed by atoms with Gasteiger partial charge in [0.15, 0.2) is 0 Å². The molecular formula is C19H21NO3S. The van der Waals surface area contributed by atoms with Crippen molar-refractivity contribution in [1.82, 2.24) is 0 Å². The van der Waals surface area contributed by atoms with E-state index >= 15 is 0 Å². The minimum atomic E-state index is -0.415. The number of nitrogens with one attached hydrogen (secondary N) is 1. The molecule has 1 N–H and O–H groups in total. The normalized spacial score (nSPS) is 11.2. The van der Waals surface area contributed by atoms with Crippen LogP contribution >= 0.6 is 11.3 Å². The van der Waals surface area contributed by atoms with Crippen LogP contribution < -0.4 is 5.32 Å². The topological polar surface area (TPSA) is 55.4 Å². The molecule has 0 atom stereocenters. The summed E-state index contributed by atoms with van der Waals surface area (Å²) >= 11 is 1.40. The summed E-state index contributed by atoms with van der Waals surface area (Å²) in [5.41, 5.74) is 2.16. The molecule has 0 aliphatic heterocycles. The number of allylic oxidation sites excluding steroid dienone is 1. The maximum atomic E-state index is 12.2. The lowest BCUT2D eigenvalue weighted by Crippen LogP contribution is -2.14. The predicted molar refractivity (Wildman–Crippen MR) is 97.6 cm³/mol. The second-order valence-corrected chi connectivity index (χ2v) is 6.40. The van der Waals surface area contributed by atoms with E-state index in [1.807, 2.05) is 30.3 Å². The molecule has 1 aromatic carbocycles. The van der Waals surface area contributed by atoms with Gasteiger partial charge in [-0.3, -0.25) is 4.79 Å². The SMILES string of the molecule is CC=C(C)C(=O)Nc1sc(Cc2ccccc2)cc1C(=O)OCC. The third kappa shape index (κ3) is 4.55. The van der Waals surface area contributed by atoms with E-state index in [2.05, 4.69) is 5.32 Å². The first-order valence-electron chi connectivity index (χ1n) is 7.83.